The summed E-state index contributed by atoms with van der Waals surface area (Å²) in [4.78, 5) is 32.4. The van der Waals surface area contributed by atoms with Crippen LogP contribution in [0.4, 0.5) is 11.6 Å². The molecule has 2 N–H and O–H groups in total. The molecule has 7 heteroatoms. The maximum absolute atomic E-state index is 13.1. The third-order valence-corrected chi connectivity index (χ3v) is 5.16. The molecule has 0 saturated carbocycles. The van der Waals surface area contributed by atoms with Crippen molar-refractivity contribution in [2.45, 2.75) is 39.0 Å². The number of pyridine rings is 1. The number of nitrogens with zero attached hydrogens (tertiary/aromatic N) is 3. The van der Waals surface area contributed by atoms with Crippen LogP contribution in [-0.2, 0) is 16.0 Å². The Kier molecular flexibility index (Phi) is 6.08. The van der Waals surface area contributed by atoms with Gasteiger partial charge in [0.1, 0.15) is 11.6 Å². The minimum atomic E-state index is -0.812. The Morgan fingerprint density at radius 3 is 2.81 bits per heavy atom. The molecule has 0 spiro atoms. The Morgan fingerprint density at radius 1 is 1.35 bits per heavy atom. The molecule has 1 saturated heterocycles. The standard InChI is InChI=1S/C19H28N4O3/c1-2-10-23(16-6-5-14-4-3-9-20-18(14)21-16)19(26)15-7-11-22(12-8-15)13-17(24)25/h5-6,15H,2-4,7-13H2,1H3,(H,20,21)(H,24,25). The van der Waals surface area contributed by atoms with Gasteiger partial charge >= 0.3 is 5.97 Å². The largest absolute Gasteiger partial charge is 0.480 e. The van der Waals surface area contributed by atoms with Gasteiger partial charge in [-0.05, 0) is 56.8 Å². The molecular weight excluding hydrogens is 332 g/mol. The van der Waals surface area contributed by atoms with E-state index in [0.29, 0.717) is 32.5 Å². The van der Waals surface area contributed by atoms with Crippen LogP contribution in [0.3, 0.4) is 0 Å². The van der Waals surface area contributed by atoms with Gasteiger partial charge in [-0.2, -0.15) is 0 Å². The SMILES string of the molecule is CCCN(C(=O)C1CCN(CC(=O)O)CC1)c1ccc2c(n1)NCCC2. The highest BCUT2D eigenvalue weighted by Crippen LogP contribution is 2.27. The summed E-state index contributed by atoms with van der Waals surface area (Å²) in [6, 6.07) is 4.04. The highest BCUT2D eigenvalue weighted by Gasteiger charge is 2.30. The fourth-order valence-corrected chi connectivity index (χ4v) is 3.78. The second-order valence-corrected chi connectivity index (χ2v) is 7.14. The molecule has 1 fully saturated rings. The second kappa shape index (κ2) is 8.49. The number of carboxylic acids is 1. The molecule has 7 nitrogen and oxygen atoms in total. The van der Waals surface area contributed by atoms with Crippen LogP contribution < -0.4 is 10.2 Å². The van der Waals surface area contributed by atoms with Crippen molar-refractivity contribution in [1.82, 2.24) is 9.88 Å². The topological polar surface area (TPSA) is 85.8 Å². The monoisotopic (exact) mass is 360 g/mol. The molecule has 0 atom stereocenters. The van der Waals surface area contributed by atoms with Gasteiger partial charge in [0.05, 0.1) is 6.54 Å². The molecule has 3 rings (SSSR count). The average Bonchev–Trinajstić information content (AvgIpc) is 2.65. The van der Waals surface area contributed by atoms with E-state index in [1.165, 1.54) is 5.56 Å². The molecule has 1 amide bonds. The van der Waals surface area contributed by atoms with E-state index in [0.717, 1.165) is 37.4 Å². The number of hydrogen-bond donors (Lipinski definition) is 2. The van der Waals surface area contributed by atoms with E-state index in [4.69, 9.17) is 10.1 Å². The van der Waals surface area contributed by atoms with Crippen LogP contribution in [-0.4, -0.2) is 59.6 Å². The molecule has 0 aliphatic carbocycles. The quantitative estimate of drug-likeness (QED) is 0.807. The first-order valence-electron chi connectivity index (χ1n) is 9.57. The predicted octanol–water partition coefficient (Wildman–Crippen LogP) is 1.98. The molecular formula is C19H28N4O3. The molecule has 0 bridgehead atoms. The van der Waals surface area contributed by atoms with Crippen LogP contribution in [0.15, 0.2) is 12.1 Å². The fraction of sp³-hybridized carbons (Fsp3) is 0.632. The summed E-state index contributed by atoms with van der Waals surface area (Å²) in [7, 11) is 0. The lowest BCUT2D eigenvalue weighted by Crippen LogP contribution is -2.44. The van der Waals surface area contributed by atoms with E-state index in [1.807, 2.05) is 15.9 Å². The smallest absolute Gasteiger partial charge is 0.317 e. The first-order chi connectivity index (χ1) is 12.6. The van der Waals surface area contributed by atoms with Gasteiger partial charge in [0, 0.05) is 19.0 Å². The first-order valence-corrected chi connectivity index (χ1v) is 9.57. The van der Waals surface area contributed by atoms with Crippen LogP contribution in [0.1, 0.15) is 38.2 Å². The van der Waals surface area contributed by atoms with Crippen molar-refractivity contribution >= 4 is 23.5 Å². The first kappa shape index (κ1) is 18.6. The average molecular weight is 360 g/mol. The van der Waals surface area contributed by atoms with Gasteiger partial charge in [0.2, 0.25) is 5.91 Å². The van der Waals surface area contributed by atoms with Crippen molar-refractivity contribution in [2.75, 3.05) is 42.9 Å². The summed E-state index contributed by atoms with van der Waals surface area (Å²) < 4.78 is 0. The van der Waals surface area contributed by atoms with Crippen molar-refractivity contribution < 1.29 is 14.7 Å². The van der Waals surface area contributed by atoms with Crippen LogP contribution in [0.5, 0.6) is 0 Å². The van der Waals surface area contributed by atoms with Crippen LogP contribution in [0.2, 0.25) is 0 Å². The Labute approximate surface area is 154 Å². The molecule has 2 aliphatic heterocycles. The normalized spacial score (nSPS) is 18.0. The maximum atomic E-state index is 13.1. The number of piperidine rings is 1. The van der Waals surface area contributed by atoms with E-state index < -0.39 is 5.97 Å². The minimum absolute atomic E-state index is 0.0532. The Bertz CT molecular complexity index is 656. The molecule has 26 heavy (non-hydrogen) atoms. The highest BCUT2D eigenvalue weighted by molar-refractivity contribution is 5.94. The number of anilines is 2. The van der Waals surface area contributed by atoms with Crippen LogP contribution in [0.25, 0.3) is 0 Å². The van der Waals surface area contributed by atoms with E-state index in [1.54, 1.807) is 0 Å². The summed E-state index contributed by atoms with van der Waals surface area (Å²) in [5, 5.41) is 12.2. The maximum Gasteiger partial charge on any atom is 0.317 e. The number of carbonyl (C=O) groups excluding carboxylic acids is 1. The summed E-state index contributed by atoms with van der Waals surface area (Å²) in [5.41, 5.74) is 1.21. The summed E-state index contributed by atoms with van der Waals surface area (Å²) in [6.07, 6.45) is 4.42. The summed E-state index contributed by atoms with van der Waals surface area (Å²) >= 11 is 0. The van der Waals surface area contributed by atoms with Gasteiger partial charge in [0.15, 0.2) is 0 Å². The number of rotatable bonds is 6. The minimum Gasteiger partial charge on any atom is -0.480 e. The predicted molar refractivity (Wildman–Crippen MR) is 100 cm³/mol. The zero-order valence-electron chi connectivity index (χ0n) is 15.4. The number of carboxylic acid groups (broad SMARTS) is 1. The number of fused-ring (bicyclic) bond motifs is 1. The third kappa shape index (κ3) is 4.33. The van der Waals surface area contributed by atoms with Crippen molar-refractivity contribution in [3.8, 4) is 0 Å². The molecule has 2 aliphatic rings. The molecule has 0 aromatic carbocycles. The number of amides is 1. The molecule has 0 radical (unpaired) electrons. The lowest BCUT2D eigenvalue weighted by molar-refractivity contribution is -0.138. The number of carbonyl (C=O) groups is 2. The molecule has 142 valence electrons. The van der Waals surface area contributed by atoms with Gasteiger partial charge in [-0.15, -0.1) is 0 Å². The van der Waals surface area contributed by atoms with Crippen molar-refractivity contribution in [3.63, 3.8) is 0 Å². The lowest BCUT2D eigenvalue weighted by atomic mass is 9.95. The number of aliphatic carboxylic acids is 1. The number of aromatic nitrogens is 1. The van der Waals surface area contributed by atoms with Crippen LogP contribution in [0, 0.1) is 5.92 Å². The van der Waals surface area contributed by atoms with Gasteiger partial charge < -0.3 is 10.4 Å². The third-order valence-electron chi connectivity index (χ3n) is 5.16. The van der Waals surface area contributed by atoms with E-state index in [9.17, 15) is 9.59 Å². The van der Waals surface area contributed by atoms with Gasteiger partial charge in [0.25, 0.3) is 0 Å². The molecule has 1 aromatic rings. The number of hydrogen-bond acceptors (Lipinski definition) is 5. The number of likely N-dealkylation sites (tertiary alicyclic amines) is 1. The summed E-state index contributed by atoms with van der Waals surface area (Å²) in [5.74, 6) is 0.868. The summed E-state index contributed by atoms with van der Waals surface area (Å²) in [6.45, 7) is 5.00. The van der Waals surface area contributed by atoms with Crippen molar-refractivity contribution in [3.05, 3.63) is 17.7 Å². The molecule has 1 aromatic heterocycles. The van der Waals surface area contributed by atoms with E-state index in [2.05, 4.69) is 18.3 Å². The van der Waals surface area contributed by atoms with E-state index in [-0.39, 0.29) is 18.4 Å². The van der Waals surface area contributed by atoms with E-state index >= 15 is 0 Å². The zero-order valence-corrected chi connectivity index (χ0v) is 15.4. The zero-order chi connectivity index (χ0) is 18.5. The van der Waals surface area contributed by atoms with Gasteiger partial charge in [-0.25, -0.2) is 4.98 Å². The lowest BCUT2D eigenvalue weighted by Gasteiger charge is -2.33. The van der Waals surface area contributed by atoms with Gasteiger partial charge in [-0.3, -0.25) is 19.4 Å². The number of aryl methyl sites for hydroxylation is 1. The Morgan fingerprint density at radius 2 is 2.12 bits per heavy atom. The van der Waals surface area contributed by atoms with Crippen LogP contribution >= 0.6 is 0 Å². The highest BCUT2D eigenvalue weighted by atomic mass is 16.4. The van der Waals surface area contributed by atoms with Crippen molar-refractivity contribution in [2.24, 2.45) is 5.92 Å². The molecule has 3 heterocycles. The Balaban J connectivity index is 1.69. The fourth-order valence-electron chi connectivity index (χ4n) is 3.78. The van der Waals surface area contributed by atoms with Crippen molar-refractivity contribution in [1.29, 1.82) is 0 Å². The van der Waals surface area contributed by atoms with Gasteiger partial charge in [-0.1, -0.05) is 13.0 Å². The Hall–Kier alpha value is -2.15. The second-order valence-electron chi connectivity index (χ2n) is 7.14. The molecule has 0 unspecified atom stereocenters. The number of nitrogens with one attached hydrogen (secondary N) is 1.